The van der Waals surface area contributed by atoms with E-state index in [1.807, 2.05) is 73.7 Å². The highest BCUT2D eigenvalue weighted by atomic mass is 35.5. The zero-order valence-electron chi connectivity index (χ0n) is 15.5. The maximum Gasteiger partial charge on any atom is 0.270 e. The Morgan fingerprint density at radius 2 is 1.61 bits per heavy atom. The number of hydrogen-bond donors (Lipinski definition) is 1. The summed E-state index contributed by atoms with van der Waals surface area (Å²) in [5.41, 5.74) is 4.03. The van der Waals surface area contributed by atoms with Crippen LogP contribution >= 0.6 is 11.6 Å². The molecule has 0 unspecified atom stereocenters. The lowest BCUT2D eigenvalue weighted by atomic mass is 9.98. The number of carbonyl (C=O) groups excluding carboxylic acids is 1. The van der Waals surface area contributed by atoms with Gasteiger partial charge in [0.2, 0.25) is 0 Å². The van der Waals surface area contributed by atoms with E-state index in [2.05, 4.69) is 10.3 Å². The molecule has 0 fully saturated rings. The smallest absolute Gasteiger partial charge is 0.270 e. The number of halogens is 1. The Labute approximate surface area is 168 Å². The minimum atomic E-state index is -0.260. The first-order valence-electron chi connectivity index (χ1n) is 9.24. The number of rotatable bonds is 5. The van der Waals surface area contributed by atoms with E-state index in [9.17, 15) is 4.79 Å². The monoisotopic (exact) mass is 389 g/mol. The normalized spacial score (nSPS) is 11.1. The van der Waals surface area contributed by atoms with Crippen molar-refractivity contribution in [3.63, 3.8) is 0 Å². The number of nitrogens with zero attached hydrogens (tertiary/aromatic N) is 2. The van der Waals surface area contributed by atoms with Gasteiger partial charge in [0.25, 0.3) is 5.91 Å². The van der Waals surface area contributed by atoms with Gasteiger partial charge in [0, 0.05) is 6.20 Å². The Hall–Kier alpha value is -3.11. The van der Waals surface area contributed by atoms with Crippen molar-refractivity contribution in [1.29, 1.82) is 0 Å². The van der Waals surface area contributed by atoms with Crippen molar-refractivity contribution >= 4 is 23.2 Å². The lowest BCUT2D eigenvalue weighted by molar-refractivity contribution is 0.0936. The van der Waals surface area contributed by atoms with Crippen molar-refractivity contribution < 1.29 is 4.79 Å². The van der Waals surface area contributed by atoms with Crippen LogP contribution in [0.4, 0.5) is 0 Å². The Morgan fingerprint density at radius 1 is 1.00 bits per heavy atom. The van der Waals surface area contributed by atoms with Crippen LogP contribution in [0.5, 0.6) is 0 Å². The van der Waals surface area contributed by atoms with Crippen molar-refractivity contribution in [2.75, 3.05) is 0 Å². The lowest BCUT2D eigenvalue weighted by Gasteiger charge is -2.20. The minimum absolute atomic E-state index is 0.177. The topological polar surface area (TPSA) is 46.4 Å². The molecule has 4 rings (SSSR count). The van der Waals surface area contributed by atoms with Crippen LogP contribution in [-0.2, 0) is 6.42 Å². The third kappa shape index (κ3) is 3.51. The average Bonchev–Trinajstić information content (AvgIpc) is 3.11. The molecule has 0 aliphatic carbocycles. The number of aryl methyl sites for hydroxylation is 1. The van der Waals surface area contributed by atoms with Crippen molar-refractivity contribution in [2.24, 2.45) is 0 Å². The highest BCUT2D eigenvalue weighted by Crippen LogP contribution is 2.24. The van der Waals surface area contributed by atoms with Crippen LogP contribution < -0.4 is 5.32 Å². The molecule has 0 bridgehead atoms. The summed E-state index contributed by atoms with van der Waals surface area (Å²) in [6.45, 7) is 1.99. The van der Waals surface area contributed by atoms with Crippen LogP contribution in [-0.4, -0.2) is 15.3 Å². The maximum atomic E-state index is 13.4. The molecule has 2 aromatic carbocycles. The Bertz CT molecular complexity index is 1070. The van der Waals surface area contributed by atoms with Gasteiger partial charge in [-0.05, 0) is 29.7 Å². The summed E-state index contributed by atoms with van der Waals surface area (Å²) < 4.78 is 1.77. The van der Waals surface area contributed by atoms with Gasteiger partial charge < -0.3 is 5.32 Å². The number of nitrogens with one attached hydrogen (secondary N) is 1. The van der Waals surface area contributed by atoms with Gasteiger partial charge in [-0.15, -0.1) is 0 Å². The van der Waals surface area contributed by atoms with Gasteiger partial charge in [0.15, 0.2) is 0 Å². The van der Waals surface area contributed by atoms with Crippen LogP contribution in [0.2, 0.25) is 5.02 Å². The second-order valence-electron chi connectivity index (χ2n) is 6.56. The molecule has 5 heteroatoms. The van der Waals surface area contributed by atoms with Crippen LogP contribution in [0.25, 0.3) is 5.65 Å². The van der Waals surface area contributed by atoms with Crippen LogP contribution in [0.3, 0.4) is 0 Å². The Balaban J connectivity index is 1.77. The molecular weight excluding hydrogens is 370 g/mol. The lowest BCUT2D eigenvalue weighted by Crippen LogP contribution is -2.31. The summed E-state index contributed by atoms with van der Waals surface area (Å²) >= 11 is 6.16. The number of aromatic nitrogens is 2. The van der Waals surface area contributed by atoms with E-state index < -0.39 is 0 Å². The van der Waals surface area contributed by atoms with Crippen LogP contribution in [0.1, 0.15) is 40.3 Å². The molecule has 2 aromatic heterocycles. The SMILES string of the molecule is CCc1nc2ccc(Cl)cn2c1C(=O)NC(c1ccccc1)c1ccccc1. The van der Waals surface area contributed by atoms with E-state index in [0.29, 0.717) is 22.8 Å². The van der Waals surface area contributed by atoms with E-state index in [1.165, 1.54) is 0 Å². The quantitative estimate of drug-likeness (QED) is 0.518. The summed E-state index contributed by atoms with van der Waals surface area (Å²) in [6, 6.07) is 23.2. The first-order chi connectivity index (χ1) is 13.7. The van der Waals surface area contributed by atoms with Gasteiger partial charge in [-0.25, -0.2) is 4.98 Å². The number of imidazole rings is 1. The average molecular weight is 390 g/mol. The second kappa shape index (κ2) is 7.87. The third-order valence-electron chi connectivity index (χ3n) is 4.75. The minimum Gasteiger partial charge on any atom is -0.340 e. The highest BCUT2D eigenvalue weighted by molar-refractivity contribution is 6.30. The van der Waals surface area contributed by atoms with E-state index in [-0.39, 0.29) is 11.9 Å². The van der Waals surface area contributed by atoms with Crippen molar-refractivity contribution in [3.8, 4) is 0 Å². The maximum absolute atomic E-state index is 13.4. The summed E-state index contributed by atoms with van der Waals surface area (Å²) in [7, 11) is 0. The first-order valence-corrected chi connectivity index (χ1v) is 9.62. The van der Waals surface area contributed by atoms with Crippen LogP contribution in [0, 0.1) is 0 Å². The molecule has 0 atom stereocenters. The van der Waals surface area contributed by atoms with Crippen LogP contribution in [0.15, 0.2) is 79.0 Å². The second-order valence-corrected chi connectivity index (χ2v) is 7.00. The fourth-order valence-corrected chi connectivity index (χ4v) is 3.56. The van der Waals surface area contributed by atoms with Gasteiger partial charge in [0.05, 0.1) is 16.8 Å². The Kier molecular flexibility index (Phi) is 5.13. The highest BCUT2D eigenvalue weighted by Gasteiger charge is 2.23. The van der Waals surface area contributed by atoms with Gasteiger partial charge in [-0.2, -0.15) is 0 Å². The molecule has 0 aliphatic rings. The molecule has 4 aromatic rings. The fourth-order valence-electron chi connectivity index (χ4n) is 3.40. The van der Waals surface area contributed by atoms with Crippen molar-refractivity contribution in [2.45, 2.75) is 19.4 Å². The molecule has 0 radical (unpaired) electrons. The van der Waals surface area contributed by atoms with E-state index in [1.54, 1.807) is 16.7 Å². The molecule has 0 saturated heterocycles. The first kappa shape index (κ1) is 18.3. The third-order valence-corrected chi connectivity index (χ3v) is 4.97. The summed E-state index contributed by atoms with van der Waals surface area (Å²) in [4.78, 5) is 17.9. The zero-order chi connectivity index (χ0) is 19.5. The summed E-state index contributed by atoms with van der Waals surface area (Å²) in [6.07, 6.45) is 2.39. The molecule has 1 amide bonds. The van der Waals surface area contributed by atoms with Crippen molar-refractivity contribution in [3.05, 3.63) is 107 Å². The predicted molar refractivity (Wildman–Crippen MR) is 112 cm³/mol. The number of pyridine rings is 1. The fraction of sp³-hybridized carbons (Fsp3) is 0.130. The number of fused-ring (bicyclic) bond motifs is 1. The molecule has 4 nitrogen and oxygen atoms in total. The van der Waals surface area contributed by atoms with Gasteiger partial charge in [0.1, 0.15) is 11.3 Å². The zero-order valence-corrected chi connectivity index (χ0v) is 16.2. The number of benzene rings is 2. The molecule has 28 heavy (non-hydrogen) atoms. The van der Waals surface area contributed by atoms with E-state index in [0.717, 1.165) is 16.8 Å². The molecule has 1 N–H and O–H groups in total. The number of carbonyl (C=O) groups is 1. The van der Waals surface area contributed by atoms with E-state index >= 15 is 0 Å². The van der Waals surface area contributed by atoms with E-state index in [4.69, 9.17) is 11.6 Å². The summed E-state index contributed by atoms with van der Waals surface area (Å²) in [5, 5.41) is 3.75. The molecule has 0 aliphatic heterocycles. The molecular formula is C23H20ClN3O. The van der Waals surface area contributed by atoms with Gasteiger partial charge in [-0.3, -0.25) is 9.20 Å². The van der Waals surface area contributed by atoms with Gasteiger partial charge in [-0.1, -0.05) is 79.2 Å². The predicted octanol–water partition coefficient (Wildman–Crippen LogP) is 5.07. The molecule has 140 valence electrons. The number of amides is 1. The standard InChI is InChI=1S/C23H20ClN3O/c1-2-19-22(27-15-18(24)13-14-20(27)25-19)23(28)26-21(16-9-5-3-6-10-16)17-11-7-4-8-12-17/h3-15,21H,2H2,1H3,(H,26,28). The van der Waals surface area contributed by atoms with Gasteiger partial charge >= 0.3 is 0 Å². The molecule has 0 saturated carbocycles. The summed E-state index contributed by atoms with van der Waals surface area (Å²) in [5.74, 6) is -0.177. The molecule has 2 heterocycles. The Morgan fingerprint density at radius 3 is 2.18 bits per heavy atom. The number of hydrogen-bond acceptors (Lipinski definition) is 2. The largest absolute Gasteiger partial charge is 0.340 e. The molecule has 0 spiro atoms. The van der Waals surface area contributed by atoms with Crippen molar-refractivity contribution in [1.82, 2.24) is 14.7 Å².